The molecule has 0 saturated carbocycles. The highest BCUT2D eigenvalue weighted by Crippen LogP contribution is 2.20. The van der Waals surface area contributed by atoms with E-state index < -0.39 is 0 Å². The highest BCUT2D eigenvalue weighted by atomic mass is 16.1. The number of hydrogen-bond acceptors (Lipinski definition) is 5. The molecule has 4 aromatic rings. The van der Waals surface area contributed by atoms with Gasteiger partial charge in [0.15, 0.2) is 5.65 Å². The van der Waals surface area contributed by atoms with Gasteiger partial charge in [-0.05, 0) is 26.3 Å². The lowest BCUT2D eigenvalue weighted by atomic mass is 10.1. The van der Waals surface area contributed by atoms with Gasteiger partial charge in [0, 0.05) is 26.0 Å². The van der Waals surface area contributed by atoms with Crippen LogP contribution in [0.4, 0.5) is 5.95 Å². The van der Waals surface area contributed by atoms with E-state index in [2.05, 4.69) is 31.8 Å². The van der Waals surface area contributed by atoms with Crippen LogP contribution >= 0.6 is 0 Å². The summed E-state index contributed by atoms with van der Waals surface area (Å²) in [4.78, 5) is 26.5. The number of nitrogens with zero attached hydrogens (tertiary/aromatic N) is 6. The second-order valence-electron chi connectivity index (χ2n) is 8.17. The molecule has 0 fully saturated rings. The third-order valence-electron chi connectivity index (χ3n) is 4.80. The highest BCUT2D eigenvalue weighted by molar-refractivity contribution is 5.74. The monoisotopic (exact) mass is 391 g/mol. The topological polar surface area (TPSA) is 84.6 Å². The van der Waals surface area contributed by atoms with Gasteiger partial charge in [0.1, 0.15) is 11.2 Å². The van der Waals surface area contributed by atoms with E-state index in [9.17, 15) is 4.79 Å². The Morgan fingerprint density at radius 3 is 2.66 bits per heavy atom. The molecular weight excluding hydrogens is 366 g/mol. The normalized spacial score (nSPS) is 11.9. The van der Waals surface area contributed by atoms with Crippen LogP contribution < -0.4 is 10.5 Å². The maximum atomic E-state index is 12.6. The largest absolute Gasteiger partial charge is 0.338 e. The number of imidazole rings is 1. The van der Waals surface area contributed by atoms with Crippen LogP contribution in [-0.2, 0) is 18.6 Å². The van der Waals surface area contributed by atoms with Crippen molar-refractivity contribution in [2.24, 2.45) is 0 Å². The standard InChI is InChI=1S/C21H25N7O/c1-21(2,3)28-18-16(12-23-28)19(29)25-20(24-18)26(4)14-17-22-10-11-27(17)13-15-8-6-5-7-9-15/h5-12H,13-14H2,1-4H3,(H,24,25,29). The molecule has 8 nitrogen and oxygen atoms in total. The first-order valence-electron chi connectivity index (χ1n) is 9.56. The number of hydrogen-bond donors (Lipinski definition) is 1. The van der Waals surface area contributed by atoms with Gasteiger partial charge in [-0.15, -0.1) is 0 Å². The van der Waals surface area contributed by atoms with Gasteiger partial charge in [0.25, 0.3) is 5.56 Å². The Morgan fingerprint density at radius 2 is 1.93 bits per heavy atom. The van der Waals surface area contributed by atoms with Gasteiger partial charge in [-0.1, -0.05) is 30.3 Å². The fraction of sp³-hybridized carbons (Fsp3) is 0.333. The summed E-state index contributed by atoms with van der Waals surface area (Å²) >= 11 is 0. The van der Waals surface area contributed by atoms with Crippen molar-refractivity contribution in [3.8, 4) is 0 Å². The summed E-state index contributed by atoms with van der Waals surface area (Å²) in [5.41, 5.74) is 1.32. The Morgan fingerprint density at radius 1 is 1.17 bits per heavy atom. The lowest BCUT2D eigenvalue weighted by Gasteiger charge is -2.21. The molecule has 0 spiro atoms. The molecule has 0 radical (unpaired) electrons. The van der Waals surface area contributed by atoms with E-state index in [1.807, 2.05) is 57.1 Å². The summed E-state index contributed by atoms with van der Waals surface area (Å²) in [5, 5.41) is 4.85. The molecule has 0 saturated heterocycles. The predicted octanol–water partition coefficient (Wildman–Crippen LogP) is 2.76. The molecule has 0 unspecified atom stereocenters. The first-order valence-corrected chi connectivity index (χ1v) is 9.56. The van der Waals surface area contributed by atoms with Crippen molar-refractivity contribution < 1.29 is 0 Å². The smallest absolute Gasteiger partial charge is 0.263 e. The quantitative estimate of drug-likeness (QED) is 0.565. The highest BCUT2D eigenvalue weighted by Gasteiger charge is 2.21. The molecule has 8 heteroatoms. The Hall–Kier alpha value is -3.42. The van der Waals surface area contributed by atoms with Gasteiger partial charge < -0.3 is 9.47 Å². The second kappa shape index (κ2) is 7.20. The number of rotatable bonds is 5. The molecule has 0 bridgehead atoms. The maximum Gasteiger partial charge on any atom is 0.263 e. The Kier molecular flexibility index (Phi) is 4.70. The van der Waals surface area contributed by atoms with E-state index in [1.165, 1.54) is 5.56 Å². The summed E-state index contributed by atoms with van der Waals surface area (Å²) in [5.74, 6) is 1.38. The minimum absolute atomic E-state index is 0.194. The molecule has 0 atom stereocenters. The van der Waals surface area contributed by atoms with Gasteiger partial charge in [-0.25, -0.2) is 9.67 Å². The van der Waals surface area contributed by atoms with Gasteiger partial charge in [-0.2, -0.15) is 10.1 Å². The molecule has 4 rings (SSSR count). The zero-order valence-corrected chi connectivity index (χ0v) is 17.1. The minimum atomic E-state index is -0.273. The van der Waals surface area contributed by atoms with E-state index in [-0.39, 0.29) is 11.1 Å². The summed E-state index contributed by atoms with van der Waals surface area (Å²) < 4.78 is 3.88. The first-order chi connectivity index (χ1) is 13.8. The lowest BCUT2D eigenvalue weighted by Crippen LogP contribution is -2.27. The fourth-order valence-corrected chi connectivity index (χ4v) is 3.28. The molecule has 3 heterocycles. The zero-order chi connectivity index (χ0) is 20.6. The molecule has 3 aromatic heterocycles. The van der Waals surface area contributed by atoms with Crippen molar-refractivity contribution in [2.45, 2.75) is 39.4 Å². The lowest BCUT2D eigenvalue weighted by molar-refractivity contribution is 0.366. The number of aromatic nitrogens is 6. The Bertz CT molecular complexity index is 1180. The number of aromatic amines is 1. The SMILES string of the molecule is CN(Cc1nccn1Cc1ccccc1)c1nc2c(cnn2C(C)(C)C)c(=O)[nH]1. The van der Waals surface area contributed by atoms with Crippen LogP contribution in [0.25, 0.3) is 11.0 Å². The first kappa shape index (κ1) is 18.9. The molecule has 0 aliphatic carbocycles. The van der Waals surface area contributed by atoms with E-state index in [0.29, 0.717) is 23.5 Å². The van der Waals surface area contributed by atoms with Gasteiger partial charge in [-0.3, -0.25) is 9.78 Å². The summed E-state index contributed by atoms with van der Waals surface area (Å²) in [6.45, 7) is 7.35. The molecular formula is C21H25N7O. The minimum Gasteiger partial charge on any atom is -0.338 e. The molecule has 0 aliphatic rings. The van der Waals surface area contributed by atoms with E-state index in [4.69, 9.17) is 4.98 Å². The van der Waals surface area contributed by atoms with Crippen LogP contribution in [0.3, 0.4) is 0 Å². The van der Waals surface area contributed by atoms with Crippen LogP contribution in [-0.4, -0.2) is 36.3 Å². The van der Waals surface area contributed by atoms with Crippen LogP contribution in [0.5, 0.6) is 0 Å². The third kappa shape index (κ3) is 3.78. The molecule has 1 N–H and O–H groups in total. The molecule has 150 valence electrons. The van der Waals surface area contributed by atoms with E-state index in [0.717, 1.165) is 12.4 Å². The number of anilines is 1. The van der Waals surface area contributed by atoms with Crippen molar-refractivity contribution in [3.05, 3.63) is 70.7 Å². The predicted molar refractivity (Wildman–Crippen MR) is 113 cm³/mol. The Balaban J connectivity index is 1.63. The zero-order valence-electron chi connectivity index (χ0n) is 17.1. The number of nitrogens with one attached hydrogen (secondary N) is 1. The number of H-pyrrole nitrogens is 1. The average Bonchev–Trinajstić information content (AvgIpc) is 3.29. The molecule has 1 aromatic carbocycles. The number of fused-ring (bicyclic) bond motifs is 1. The average molecular weight is 391 g/mol. The van der Waals surface area contributed by atoms with Gasteiger partial charge in [0.05, 0.1) is 18.3 Å². The van der Waals surface area contributed by atoms with Crippen LogP contribution in [0.2, 0.25) is 0 Å². The fourth-order valence-electron chi connectivity index (χ4n) is 3.28. The molecule has 29 heavy (non-hydrogen) atoms. The van der Waals surface area contributed by atoms with E-state index >= 15 is 0 Å². The van der Waals surface area contributed by atoms with Gasteiger partial charge in [0.2, 0.25) is 5.95 Å². The molecule has 0 amide bonds. The van der Waals surface area contributed by atoms with Crippen LogP contribution in [0.15, 0.2) is 53.7 Å². The van der Waals surface area contributed by atoms with E-state index in [1.54, 1.807) is 17.1 Å². The summed E-state index contributed by atoms with van der Waals surface area (Å²) in [7, 11) is 1.89. The van der Waals surface area contributed by atoms with Crippen molar-refractivity contribution in [2.75, 3.05) is 11.9 Å². The van der Waals surface area contributed by atoms with Crippen molar-refractivity contribution in [1.82, 2.24) is 29.3 Å². The van der Waals surface area contributed by atoms with Crippen molar-refractivity contribution in [1.29, 1.82) is 0 Å². The Labute approximate surface area is 168 Å². The third-order valence-corrected chi connectivity index (χ3v) is 4.80. The number of benzene rings is 1. The summed E-state index contributed by atoms with van der Waals surface area (Å²) in [6, 6.07) is 10.2. The van der Waals surface area contributed by atoms with Crippen LogP contribution in [0, 0.1) is 0 Å². The van der Waals surface area contributed by atoms with Gasteiger partial charge >= 0.3 is 0 Å². The second-order valence-corrected chi connectivity index (χ2v) is 8.17. The van der Waals surface area contributed by atoms with Crippen molar-refractivity contribution in [3.63, 3.8) is 0 Å². The summed E-state index contributed by atoms with van der Waals surface area (Å²) in [6.07, 6.45) is 5.33. The maximum absolute atomic E-state index is 12.6. The van der Waals surface area contributed by atoms with Crippen molar-refractivity contribution >= 4 is 17.0 Å². The van der Waals surface area contributed by atoms with Crippen LogP contribution in [0.1, 0.15) is 32.2 Å². The molecule has 0 aliphatic heterocycles.